The van der Waals surface area contributed by atoms with Crippen molar-refractivity contribution >= 4 is 5.78 Å². The lowest BCUT2D eigenvalue weighted by Gasteiger charge is -2.30. The molecule has 1 aliphatic rings. The number of rotatable bonds is 10. The molecule has 0 saturated carbocycles. The van der Waals surface area contributed by atoms with Crippen LogP contribution >= 0.6 is 0 Å². The fraction of sp³-hybridized carbons (Fsp3) is 0.619. The number of ether oxygens (including phenoxy) is 2. The first kappa shape index (κ1) is 20.6. The maximum Gasteiger partial charge on any atom is 0.157 e. The fourth-order valence-electron chi connectivity index (χ4n) is 3.45. The zero-order chi connectivity index (χ0) is 18.8. The van der Waals surface area contributed by atoms with Crippen LogP contribution in [-0.4, -0.2) is 36.5 Å². The molecule has 26 heavy (non-hydrogen) atoms. The monoisotopic (exact) mass is 359 g/mol. The zero-order valence-electron chi connectivity index (χ0n) is 15.5. The Balaban J connectivity index is 2.02. The van der Waals surface area contributed by atoms with Gasteiger partial charge in [0.25, 0.3) is 0 Å². The zero-order valence-corrected chi connectivity index (χ0v) is 15.5. The summed E-state index contributed by atoms with van der Waals surface area (Å²) in [5.74, 6) is -0.700. The first-order valence-corrected chi connectivity index (χ1v) is 9.49. The molecule has 0 bridgehead atoms. The van der Waals surface area contributed by atoms with Gasteiger partial charge in [0.1, 0.15) is 5.78 Å². The Morgan fingerprint density at radius 3 is 2.81 bits per heavy atom. The van der Waals surface area contributed by atoms with Crippen molar-refractivity contribution in [1.82, 2.24) is 0 Å². The van der Waals surface area contributed by atoms with Crippen LogP contribution in [0.4, 0.5) is 0 Å². The van der Waals surface area contributed by atoms with Gasteiger partial charge in [-0.05, 0) is 37.2 Å². The fourth-order valence-corrected chi connectivity index (χ4v) is 3.45. The minimum atomic E-state index is -0.898. The molecule has 4 atom stereocenters. The van der Waals surface area contributed by atoms with Gasteiger partial charge >= 0.3 is 0 Å². The van der Waals surface area contributed by atoms with E-state index in [1.54, 1.807) is 0 Å². The smallest absolute Gasteiger partial charge is 0.157 e. The van der Waals surface area contributed by atoms with Gasteiger partial charge in [0.2, 0.25) is 0 Å². The van der Waals surface area contributed by atoms with Gasteiger partial charge in [0, 0.05) is 19.4 Å². The number of carbonyl (C=O) groups excluding carboxylic acids is 1. The molecule has 1 N–H and O–H groups in total. The maximum atomic E-state index is 12.8. The summed E-state index contributed by atoms with van der Waals surface area (Å²) in [6, 6.07) is 11.8. The van der Waals surface area contributed by atoms with Crippen LogP contribution in [0.3, 0.4) is 0 Å². The van der Waals surface area contributed by atoms with Gasteiger partial charge in [-0.25, -0.2) is 0 Å². The molecular formula is C21H29NO4. The third-order valence-corrected chi connectivity index (χ3v) is 4.95. The summed E-state index contributed by atoms with van der Waals surface area (Å²) in [4.78, 5) is 12.8. The number of aliphatic hydroxyl groups is 1. The van der Waals surface area contributed by atoms with E-state index in [0.29, 0.717) is 25.9 Å². The third kappa shape index (κ3) is 6.21. The molecule has 5 heteroatoms. The molecule has 1 saturated heterocycles. The second kappa shape index (κ2) is 11.1. The van der Waals surface area contributed by atoms with Crippen molar-refractivity contribution in [3.63, 3.8) is 0 Å². The molecule has 5 nitrogen and oxygen atoms in total. The predicted molar refractivity (Wildman–Crippen MR) is 98.4 cm³/mol. The van der Waals surface area contributed by atoms with Crippen molar-refractivity contribution in [1.29, 1.82) is 5.26 Å². The molecule has 1 aromatic rings. The number of nitriles is 1. The van der Waals surface area contributed by atoms with E-state index in [1.807, 2.05) is 37.3 Å². The lowest BCUT2D eigenvalue weighted by Crippen LogP contribution is -2.37. The first-order valence-electron chi connectivity index (χ1n) is 9.49. The van der Waals surface area contributed by atoms with E-state index in [1.165, 1.54) is 0 Å². The number of hydrogen-bond donors (Lipinski definition) is 1. The van der Waals surface area contributed by atoms with Crippen LogP contribution in [0, 0.1) is 17.2 Å². The number of benzene rings is 1. The molecule has 142 valence electrons. The van der Waals surface area contributed by atoms with Gasteiger partial charge in [-0.2, -0.15) is 5.26 Å². The van der Waals surface area contributed by atoms with Crippen LogP contribution < -0.4 is 0 Å². The Morgan fingerprint density at radius 1 is 1.38 bits per heavy atom. The molecule has 2 rings (SSSR count). The Hall–Kier alpha value is -1.74. The molecule has 1 fully saturated rings. The summed E-state index contributed by atoms with van der Waals surface area (Å²) in [7, 11) is 0. The topological polar surface area (TPSA) is 79.6 Å². The van der Waals surface area contributed by atoms with Crippen LogP contribution in [0.15, 0.2) is 30.3 Å². The van der Waals surface area contributed by atoms with E-state index in [9.17, 15) is 9.90 Å². The number of Topliss-reactive ketones (excluding diaryl/α,β-unsaturated/α-hetero) is 1. The quantitative estimate of drug-likeness (QED) is 0.646. The van der Waals surface area contributed by atoms with Crippen molar-refractivity contribution in [3.8, 4) is 6.07 Å². The number of carbonyl (C=O) groups is 1. The van der Waals surface area contributed by atoms with Gasteiger partial charge < -0.3 is 14.6 Å². The Morgan fingerprint density at radius 2 is 2.15 bits per heavy atom. The summed E-state index contributed by atoms with van der Waals surface area (Å²) in [6.45, 7) is 2.72. The van der Waals surface area contributed by atoms with Crippen LogP contribution in [0.5, 0.6) is 0 Å². The second-order valence-corrected chi connectivity index (χ2v) is 6.90. The number of hydrogen-bond acceptors (Lipinski definition) is 5. The van der Waals surface area contributed by atoms with Crippen molar-refractivity contribution in [2.75, 3.05) is 13.2 Å². The summed E-state index contributed by atoms with van der Waals surface area (Å²) in [5, 5.41) is 19.4. The predicted octanol–water partition coefficient (Wildman–Crippen LogP) is 3.57. The lowest BCUT2D eigenvalue weighted by atomic mass is 9.80. The van der Waals surface area contributed by atoms with E-state index >= 15 is 0 Å². The minimum absolute atomic E-state index is 0.0164. The number of aliphatic hydroxyl groups excluding tert-OH is 1. The molecule has 0 amide bonds. The molecule has 1 aromatic carbocycles. The molecule has 0 radical (unpaired) electrons. The average Bonchev–Trinajstić information content (AvgIpc) is 2.68. The van der Waals surface area contributed by atoms with E-state index in [-0.39, 0.29) is 24.6 Å². The van der Waals surface area contributed by atoms with Crippen LogP contribution in [0.1, 0.15) is 56.9 Å². The number of unbranched alkanes of at least 4 members (excludes halogenated alkanes) is 1. The highest BCUT2D eigenvalue weighted by Gasteiger charge is 2.33. The first-order chi connectivity index (χ1) is 12.6. The lowest BCUT2D eigenvalue weighted by molar-refractivity contribution is -0.180. The Kier molecular flexibility index (Phi) is 8.76. The summed E-state index contributed by atoms with van der Waals surface area (Å²) in [5.41, 5.74) is 1.01. The van der Waals surface area contributed by atoms with Crippen LogP contribution in [-0.2, 0) is 14.3 Å². The summed E-state index contributed by atoms with van der Waals surface area (Å²) in [6.07, 6.45) is 2.89. The minimum Gasteiger partial charge on any atom is -0.390 e. The largest absolute Gasteiger partial charge is 0.390 e. The van der Waals surface area contributed by atoms with E-state index in [0.717, 1.165) is 24.8 Å². The number of ketones is 1. The highest BCUT2D eigenvalue weighted by Crippen LogP contribution is 2.30. The van der Waals surface area contributed by atoms with Crippen molar-refractivity contribution in [2.24, 2.45) is 5.92 Å². The Labute approximate surface area is 155 Å². The van der Waals surface area contributed by atoms with Gasteiger partial charge in [-0.1, -0.05) is 37.3 Å². The van der Waals surface area contributed by atoms with Crippen molar-refractivity contribution in [2.45, 2.75) is 63.8 Å². The maximum absolute atomic E-state index is 12.8. The third-order valence-electron chi connectivity index (χ3n) is 4.95. The van der Waals surface area contributed by atoms with Crippen LogP contribution in [0.2, 0.25) is 0 Å². The highest BCUT2D eigenvalue weighted by atomic mass is 16.7. The molecular weight excluding hydrogens is 330 g/mol. The Bertz CT molecular complexity index is 577. The van der Waals surface area contributed by atoms with E-state index in [4.69, 9.17) is 14.7 Å². The summed E-state index contributed by atoms with van der Waals surface area (Å²) < 4.78 is 11.2. The normalized spacial score (nSPS) is 20.7. The highest BCUT2D eigenvalue weighted by molar-refractivity contribution is 5.82. The second-order valence-electron chi connectivity index (χ2n) is 6.90. The molecule has 0 aromatic heterocycles. The molecule has 1 aliphatic heterocycles. The van der Waals surface area contributed by atoms with Crippen molar-refractivity contribution < 1.29 is 19.4 Å². The van der Waals surface area contributed by atoms with Gasteiger partial charge in [-0.3, -0.25) is 4.79 Å². The average molecular weight is 359 g/mol. The van der Waals surface area contributed by atoms with Crippen LogP contribution in [0.25, 0.3) is 0 Å². The molecule has 4 unspecified atom stereocenters. The summed E-state index contributed by atoms with van der Waals surface area (Å²) >= 11 is 0. The van der Waals surface area contributed by atoms with Gasteiger partial charge in [0.15, 0.2) is 6.29 Å². The van der Waals surface area contributed by atoms with Gasteiger partial charge in [-0.15, -0.1) is 0 Å². The number of nitrogens with zero attached hydrogens (tertiary/aromatic N) is 1. The molecule has 0 spiro atoms. The van der Waals surface area contributed by atoms with E-state index < -0.39 is 12.0 Å². The van der Waals surface area contributed by atoms with Gasteiger partial charge in [0.05, 0.1) is 24.7 Å². The molecule has 0 aliphatic carbocycles. The van der Waals surface area contributed by atoms with Crippen molar-refractivity contribution in [3.05, 3.63) is 35.9 Å². The molecule has 1 heterocycles. The standard InChI is InChI=1S/C21H29NO4/c1-16(17-9-3-2-4-10-17)21(18(23)11-5-7-13-22)19(24)15-26-20-12-6-8-14-25-20/h2-4,9-10,16,19-21,24H,5-8,11-12,14-15H2,1H3. The SMILES string of the molecule is CC(c1ccccc1)C(C(=O)CCCC#N)C(O)COC1CCCCO1. The van der Waals surface area contributed by atoms with E-state index in [2.05, 4.69) is 6.07 Å².